The molecule has 6 nitrogen and oxygen atoms in total. The van der Waals surface area contributed by atoms with E-state index in [4.69, 9.17) is 32.3 Å². The number of esters is 1. The Morgan fingerprint density at radius 2 is 1.94 bits per heavy atom. The van der Waals surface area contributed by atoms with E-state index < -0.39 is 6.10 Å². The zero-order valence-electron chi connectivity index (χ0n) is 18.4. The number of thioether (sulfide) groups is 1. The van der Waals surface area contributed by atoms with Crippen molar-refractivity contribution in [2.75, 3.05) is 18.6 Å². The quantitative estimate of drug-likeness (QED) is 0.162. The van der Waals surface area contributed by atoms with Gasteiger partial charge in [-0.3, -0.25) is 4.79 Å². The van der Waals surface area contributed by atoms with Crippen molar-refractivity contribution in [1.29, 1.82) is 0 Å². The lowest BCUT2D eigenvalue weighted by atomic mass is 10.1. The number of rotatable bonds is 11. The van der Waals surface area contributed by atoms with Gasteiger partial charge in [-0.25, -0.2) is 0 Å². The van der Waals surface area contributed by atoms with E-state index in [2.05, 4.69) is 5.16 Å². The third-order valence-corrected chi connectivity index (χ3v) is 6.26. The van der Waals surface area contributed by atoms with Gasteiger partial charge in [0.25, 0.3) is 0 Å². The second-order valence-electron chi connectivity index (χ2n) is 8.11. The lowest BCUT2D eigenvalue weighted by Gasteiger charge is -2.18. The molecule has 0 aliphatic heterocycles. The van der Waals surface area contributed by atoms with E-state index in [1.807, 2.05) is 68.6 Å². The van der Waals surface area contributed by atoms with Crippen LogP contribution >= 0.6 is 24.0 Å². The predicted octanol–water partition coefficient (Wildman–Crippen LogP) is 4.99. The Hall–Kier alpha value is -2.58. The largest absolute Gasteiger partial charge is 0.457 e. The van der Waals surface area contributed by atoms with Crippen molar-refractivity contribution in [2.45, 2.75) is 20.0 Å². The van der Waals surface area contributed by atoms with Crippen LogP contribution in [-0.2, 0) is 14.4 Å². The van der Waals surface area contributed by atoms with Crippen LogP contribution in [0.2, 0.25) is 0 Å². The molecule has 1 aliphatic carbocycles. The number of carbonyl (C=O) groups excluding carboxylic acids is 1. The molecule has 0 spiro atoms. The lowest BCUT2D eigenvalue weighted by molar-refractivity contribution is -0.148. The second kappa shape index (κ2) is 10.8. The molecule has 0 saturated heterocycles. The molecule has 32 heavy (non-hydrogen) atoms. The molecule has 3 unspecified atom stereocenters. The molecule has 3 atom stereocenters. The molecule has 0 heterocycles. The number of nitrogens with two attached hydrogens (primary N) is 1. The number of para-hydroxylation sites is 1. The molecular formula is C24H28N2O4S2. The average Bonchev–Trinajstić information content (AvgIpc) is 3.32. The van der Waals surface area contributed by atoms with Crippen LogP contribution in [0.1, 0.15) is 25.5 Å². The van der Waals surface area contributed by atoms with Gasteiger partial charge in [0.2, 0.25) is 0 Å². The van der Waals surface area contributed by atoms with Gasteiger partial charge in [0.1, 0.15) is 23.1 Å². The van der Waals surface area contributed by atoms with E-state index in [9.17, 15) is 4.79 Å². The SMILES string of the molecule is CSCCO/N=C/C1C(C(=O)OC(C(N)=S)c2cccc(Oc3ccccc3)c2)C1(C)C. The summed E-state index contributed by atoms with van der Waals surface area (Å²) < 4.78 is 11.7. The van der Waals surface area contributed by atoms with Crippen molar-refractivity contribution in [3.63, 3.8) is 0 Å². The van der Waals surface area contributed by atoms with Crippen LogP contribution in [0.15, 0.2) is 59.8 Å². The molecule has 2 aromatic carbocycles. The molecule has 0 amide bonds. The first-order chi connectivity index (χ1) is 15.3. The van der Waals surface area contributed by atoms with Crippen LogP contribution in [0, 0.1) is 17.3 Å². The van der Waals surface area contributed by atoms with Crippen LogP contribution in [0.5, 0.6) is 11.5 Å². The van der Waals surface area contributed by atoms with E-state index in [1.54, 1.807) is 24.0 Å². The Morgan fingerprint density at radius 3 is 2.62 bits per heavy atom. The number of ether oxygens (including phenoxy) is 2. The average molecular weight is 473 g/mol. The van der Waals surface area contributed by atoms with E-state index in [-0.39, 0.29) is 28.2 Å². The predicted molar refractivity (Wildman–Crippen MR) is 132 cm³/mol. The highest BCUT2D eigenvalue weighted by molar-refractivity contribution is 7.98. The minimum absolute atomic E-state index is 0.0657. The highest BCUT2D eigenvalue weighted by Crippen LogP contribution is 2.58. The van der Waals surface area contributed by atoms with E-state index >= 15 is 0 Å². The minimum atomic E-state index is -0.844. The Bertz CT molecular complexity index is 965. The fourth-order valence-electron chi connectivity index (χ4n) is 3.53. The van der Waals surface area contributed by atoms with E-state index in [1.165, 1.54) is 0 Å². The first-order valence-corrected chi connectivity index (χ1v) is 12.1. The second-order valence-corrected chi connectivity index (χ2v) is 9.57. The highest BCUT2D eigenvalue weighted by atomic mass is 32.2. The van der Waals surface area contributed by atoms with Gasteiger partial charge in [0, 0.05) is 23.4 Å². The number of hydrogen-bond acceptors (Lipinski definition) is 7. The summed E-state index contributed by atoms with van der Waals surface area (Å²) in [6.07, 6.45) is 2.85. The minimum Gasteiger partial charge on any atom is -0.457 e. The molecular weight excluding hydrogens is 444 g/mol. The summed E-state index contributed by atoms with van der Waals surface area (Å²) in [5.74, 6) is 1.41. The normalized spacial score (nSPS) is 19.8. The Kier molecular flexibility index (Phi) is 8.15. The number of hydrogen-bond donors (Lipinski definition) is 1. The molecule has 0 bridgehead atoms. The molecule has 3 rings (SSSR count). The Morgan fingerprint density at radius 1 is 1.22 bits per heavy atom. The summed E-state index contributed by atoms with van der Waals surface area (Å²) in [6, 6.07) is 16.6. The molecule has 1 fully saturated rings. The van der Waals surface area contributed by atoms with Crippen molar-refractivity contribution in [2.24, 2.45) is 28.1 Å². The van der Waals surface area contributed by atoms with Gasteiger partial charge in [-0.2, -0.15) is 11.8 Å². The van der Waals surface area contributed by atoms with Gasteiger partial charge in [0.15, 0.2) is 6.10 Å². The maximum atomic E-state index is 13.0. The zero-order chi connectivity index (χ0) is 23.1. The maximum Gasteiger partial charge on any atom is 0.311 e. The molecule has 1 saturated carbocycles. The van der Waals surface area contributed by atoms with E-state index in [0.29, 0.717) is 23.7 Å². The number of benzene rings is 2. The number of carbonyl (C=O) groups is 1. The van der Waals surface area contributed by atoms with E-state index in [0.717, 1.165) is 5.75 Å². The summed E-state index contributed by atoms with van der Waals surface area (Å²) in [6.45, 7) is 4.54. The number of thiocarbonyl (C=S) groups is 1. The van der Waals surface area contributed by atoms with Crippen molar-refractivity contribution in [1.82, 2.24) is 0 Å². The van der Waals surface area contributed by atoms with Crippen molar-refractivity contribution in [3.8, 4) is 11.5 Å². The van der Waals surface area contributed by atoms with Crippen LogP contribution in [0.4, 0.5) is 0 Å². The summed E-state index contributed by atoms with van der Waals surface area (Å²) in [4.78, 5) is 18.3. The third kappa shape index (κ3) is 6.01. The number of oxime groups is 1. The highest BCUT2D eigenvalue weighted by Gasteiger charge is 2.62. The molecule has 170 valence electrons. The van der Waals surface area contributed by atoms with Crippen LogP contribution in [-0.4, -0.2) is 35.8 Å². The summed E-state index contributed by atoms with van der Waals surface area (Å²) in [7, 11) is 0. The van der Waals surface area contributed by atoms with Gasteiger partial charge in [-0.1, -0.05) is 61.6 Å². The monoisotopic (exact) mass is 472 g/mol. The summed E-state index contributed by atoms with van der Waals surface area (Å²) >= 11 is 6.89. The van der Waals surface area contributed by atoms with Crippen LogP contribution in [0.25, 0.3) is 0 Å². The molecule has 0 aromatic heterocycles. The topological polar surface area (TPSA) is 83.1 Å². The van der Waals surface area contributed by atoms with Crippen molar-refractivity contribution in [3.05, 3.63) is 60.2 Å². The van der Waals surface area contributed by atoms with Gasteiger partial charge < -0.3 is 20.0 Å². The zero-order valence-corrected chi connectivity index (χ0v) is 20.0. The standard InChI is InChI=1S/C24H28N2O4S2/c1-24(2)19(15-26-28-12-13-32-3)20(24)23(27)30-21(22(25)31)16-8-7-11-18(14-16)29-17-9-5-4-6-10-17/h4-11,14-15,19-21H,12-13H2,1-3H3,(H2,25,31)/b26-15+. The lowest BCUT2D eigenvalue weighted by Crippen LogP contribution is -2.26. The smallest absolute Gasteiger partial charge is 0.311 e. The molecule has 1 aliphatic rings. The van der Waals surface area contributed by atoms with Gasteiger partial charge in [0.05, 0.1) is 5.92 Å². The molecule has 8 heteroatoms. The van der Waals surface area contributed by atoms with Gasteiger partial charge >= 0.3 is 5.97 Å². The number of nitrogens with zero attached hydrogens (tertiary/aromatic N) is 1. The molecule has 0 radical (unpaired) electrons. The third-order valence-electron chi connectivity index (χ3n) is 5.47. The van der Waals surface area contributed by atoms with Gasteiger partial charge in [-0.15, -0.1) is 0 Å². The fraction of sp³-hybridized carbons (Fsp3) is 0.375. The maximum absolute atomic E-state index is 13.0. The summed E-state index contributed by atoms with van der Waals surface area (Å²) in [5.41, 5.74) is 6.31. The first kappa shape index (κ1) is 24.1. The molecule has 2 aromatic rings. The molecule has 2 N–H and O–H groups in total. The van der Waals surface area contributed by atoms with Crippen molar-refractivity contribution >= 4 is 41.2 Å². The summed E-state index contributed by atoms with van der Waals surface area (Å²) in [5, 5.41) is 4.01. The first-order valence-electron chi connectivity index (χ1n) is 10.3. The van der Waals surface area contributed by atoms with Gasteiger partial charge in [-0.05, 0) is 35.9 Å². The van der Waals surface area contributed by atoms with Crippen LogP contribution in [0.3, 0.4) is 0 Å². The Labute approximate surface area is 198 Å². The fourth-order valence-corrected chi connectivity index (χ4v) is 3.96. The van der Waals surface area contributed by atoms with Crippen molar-refractivity contribution < 1.29 is 19.1 Å². The Balaban J connectivity index is 1.67. The van der Waals surface area contributed by atoms with Crippen LogP contribution < -0.4 is 10.5 Å².